The van der Waals surface area contributed by atoms with Crippen LogP contribution in [0.1, 0.15) is 43.0 Å². The largest absolute Gasteiger partial charge is 0.236 e. The number of rotatable bonds is 3. The molecule has 0 radical (unpaired) electrons. The van der Waals surface area contributed by atoms with Crippen molar-refractivity contribution in [2.45, 2.75) is 50.8 Å². The average molecular weight is 337 g/mol. The lowest BCUT2D eigenvalue weighted by atomic mass is 9.84. The van der Waals surface area contributed by atoms with E-state index in [1.54, 1.807) is 18.1 Å². The minimum Gasteiger partial charge on any atom is -0.236 e. The van der Waals surface area contributed by atoms with Crippen LogP contribution in [0.25, 0.3) is 10.9 Å². The van der Waals surface area contributed by atoms with Crippen LogP contribution in [0.3, 0.4) is 0 Å². The van der Waals surface area contributed by atoms with Crippen LogP contribution >= 0.6 is 11.8 Å². The van der Waals surface area contributed by atoms with Crippen molar-refractivity contribution in [3.05, 3.63) is 65.0 Å². The highest BCUT2D eigenvalue weighted by Crippen LogP contribution is 2.32. The second-order valence-electron chi connectivity index (χ2n) is 7.32. The third-order valence-corrected chi connectivity index (χ3v) is 5.45. The predicted octanol–water partition coefficient (Wildman–Crippen LogP) is 5.84. The number of aryl methyl sites for hydroxylation is 2. The molecule has 0 amide bonds. The van der Waals surface area contributed by atoms with Crippen LogP contribution in [0.2, 0.25) is 0 Å². The molecule has 0 N–H and O–H groups in total. The van der Waals surface area contributed by atoms with Crippen molar-refractivity contribution in [3.8, 4) is 0 Å². The van der Waals surface area contributed by atoms with Crippen LogP contribution < -0.4 is 0 Å². The van der Waals surface area contributed by atoms with Crippen molar-refractivity contribution in [3.63, 3.8) is 0 Å². The normalized spacial score (nSPS) is 11.9. The summed E-state index contributed by atoms with van der Waals surface area (Å²) in [4.78, 5) is 8.84. The molecule has 0 aliphatic carbocycles. The van der Waals surface area contributed by atoms with Gasteiger partial charge in [0, 0.05) is 11.1 Å². The van der Waals surface area contributed by atoms with Crippen molar-refractivity contribution < 1.29 is 0 Å². The smallest absolute Gasteiger partial charge is 0.117 e. The molecule has 0 fully saturated rings. The molecule has 0 bridgehead atoms. The number of fused-ring (bicyclic) bond motifs is 1. The van der Waals surface area contributed by atoms with Crippen LogP contribution in [0.5, 0.6) is 0 Å². The third-order valence-electron chi connectivity index (χ3n) is 4.42. The lowest BCUT2D eigenvalue weighted by Crippen LogP contribution is -2.12. The Labute approximate surface area is 148 Å². The number of aromatic nitrogens is 2. The minimum atomic E-state index is 0.185. The number of hydrogen-bond acceptors (Lipinski definition) is 3. The van der Waals surface area contributed by atoms with Crippen LogP contribution in [-0.2, 0) is 11.2 Å². The summed E-state index contributed by atoms with van der Waals surface area (Å²) in [5.74, 6) is 0.934. The Morgan fingerprint density at radius 3 is 2.29 bits per heavy atom. The van der Waals surface area contributed by atoms with E-state index in [-0.39, 0.29) is 5.41 Å². The Kier molecular flexibility index (Phi) is 4.64. The van der Waals surface area contributed by atoms with E-state index in [0.717, 1.165) is 21.7 Å². The minimum absolute atomic E-state index is 0.185. The molecule has 24 heavy (non-hydrogen) atoms. The van der Waals surface area contributed by atoms with Gasteiger partial charge in [0.25, 0.3) is 0 Å². The van der Waals surface area contributed by atoms with Gasteiger partial charge in [0.1, 0.15) is 11.4 Å². The Morgan fingerprint density at radius 1 is 0.958 bits per heavy atom. The summed E-state index contributed by atoms with van der Waals surface area (Å²) in [5.41, 5.74) is 6.74. The third kappa shape index (κ3) is 3.46. The number of thioether (sulfide) groups is 1. The van der Waals surface area contributed by atoms with Gasteiger partial charge < -0.3 is 0 Å². The van der Waals surface area contributed by atoms with Crippen LogP contribution in [0.4, 0.5) is 0 Å². The van der Waals surface area contributed by atoms with Gasteiger partial charge in [0.2, 0.25) is 0 Å². The van der Waals surface area contributed by atoms with Crippen molar-refractivity contribution in [2.24, 2.45) is 0 Å². The lowest BCUT2D eigenvalue weighted by Gasteiger charge is -2.22. The first kappa shape index (κ1) is 17.0. The second-order valence-corrected chi connectivity index (χ2v) is 8.29. The molecular formula is C21H24N2S. The molecule has 0 saturated heterocycles. The second kappa shape index (κ2) is 6.56. The van der Waals surface area contributed by atoms with E-state index in [1.165, 1.54) is 22.3 Å². The zero-order valence-electron chi connectivity index (χ0n) is 15.1. The maximum atomic E-state index is 4.49. The van der Waals surface area contributed by atoms with E-state index in [9.17, 15) is 0 Å². The van der Waals surface area contributed by atoms with Crippen molar-refractivity contribution in [1.82, 2.24) is 9.97 Å². The SMILES string of the molecule is Cc1cc(C(C)(C)C)cc(C)c1CSc1ncnc2ccccc12. The first-order valence-corrected chi connectivity index (χ1v) is 9.28. The van der Waals surface area contributed by atoms with Crippen molar-refractivity contribution in [1.29, 1.82) is 0 Å². The molecule has 1 heterocycles. The van der Waals surface area contributed by atoms with Crippen molar-refractivity contribution >= 4 is 22.7 Å². The zero-order chi connectivity index (χ0) is 17.3. The fourth-order valence-electron chi connectivity index (χ4n) is 2.89. The molecule has 1 aromatic heterocycles. The van der Waals surface area contributed by atoms with Gasteiger partial charge in [-0.05, 0) is 47.6 Å². The number of para-hydroxylation sites is 1. The van der Waals surface area contributed by atoms with Crippen LogP contribution in [0.15, 0.2) is 47.8 Å². The van der Waals surface area contributed by atoms with E-state index in [1.807, 2.05) is 18.2 Å². The monoisotopic (exact) mass is 336 g/mol. The quantitative estimate of drug-likeness (QED) is 0.444. The highest BCUT2D eigenvalue weighted by molar-refractivity contribution is 7.98. The zero-order valence-corrected chi connectivity index (χ0v) is 15.9. The van der Waals surface area contributed by atoms with Gasteiger partial charge in [-0.2, -0.15) is 0 Å². The lowest BCUT2D eigenvalue weighted by molar-refractivity contribution is 0.589. The molecule has 0 atom stereocenters. The van der Waals surface area contributed by atoms with E-state index >= 15 is 0 Å². The topological polar surface area (TPSA) is 25.8 Å². The molecular weight excluding hydrogens is 312 g/mol. The van der Waals surface area contributed by atoms with Gasteiger partial charge in [-0.1, -0.05) is 51.1 Å². The maximum absolute atomic E-state index is 4.49. The highest BCUT2D eigenvalue weighted by Gasteiger charge is 2.16. The summed E-state index contributed by atoms with van der Waals surface area (Å²) in [6.45, 7) is 11.2. The fraction of sp³-hybridized carbons (Fsp3) is 0.333. The van der Waals surface area contributed by atoms with Crippen LogP contribution in [-0.4, -0.2) is 9.97 Å². The molecule has 2 nitrogen and oxygen atoms in total. The van der Waals surface area contributed by atoms with E-state index < -0.39 is 0 Å². The number of nitrogens with zero attached hydrogens (tertiary/aromatic N) is 2. The summed E-state index contributed by atoms with van der Waals surface area (Å²) in [7, 11) is 0. The number of benzene rings is 2. The summed E-state index contributed by atoms with van der Waals surface area (Å²) in [5, 5.41) is 2.19. The molecule has 3 heteroatoms. The van der Waals surface area contributed by atoms with Crippen LogP contribution in [0, 0.1) is 13.8 Å². The molecule has 124 valence electrons. The Balaban J connectivity index is 1.89. The average Bonchev–Trinajstić information content (AvgIpc) is 2.53. The Bertz CT molecular complexity index is 850. The Morgan fingerprint density at radius 2 is 1.62 bits per heavy atom. The first-order valence-electron chi connectivity index (χ1n) is 8.29. The molecule has 0 aliphatic heterocycles. The summed E-state index contributed by atoms with van der Waals surface area (Å²) < 4.78 is 0. The summed E-state index contributed by atoms with van der Waals surface area (Å²) in [6, 6.07) is 12.9. The van der Waals surface area contributed by atoms with Gasteiger partial charge in [-0.15, -0.1) is 11.8 Å². The fourth-order valence-corrected chi connectivity index (χ4v) is 4.08. The van der Waals surface area contributed by atoms with E-state index in [0.29, 0.717) is 0 Å². The molecule has 0 aliphatic rings. The standard InChI is InChI=1S/C21H24N2S/c1-14-10-16(21(3,4)5)11-15(2)18(14)12-24-20-17-8-6-7-9-19(17)22-13-23-20/h6-11,13H,12H2,1-5H3. The van der Waals surface area contributed by atoms with E-state index in [2.05, 4.69) is 62.8 Å². The Hall–Kier alpha value is -1.87. The van der Waals surface area contributed by atoms with Gasteiger partial charge in [0.05, 0.1) is 5.52 Å². The van der Waals surface area contributed by atoms with Gasteiger partial charge in [-0.3, -0.25) is 0 Å². The van der Waals surface area contributed by atoms with E-state index in [4.69, 9.17) is 0 Å². The molecule has 0 unspecified atom stereocenters. The highest BCUT2D eigenvalue weighted by atomic mass is 32.2. The predicted molar refractivity (Wildman–Crippen MR) is 104 cm³/mol. The first-order chi connectivity index (χ1) is 11.4. The van der Waals surface area contributed by atoms with Crippen molar-refractivity contribution in [2.75, 3.05) is 0 Å². The number of hydrogen-bond donors (Lipinski definition) is 0. The summed E-state index contributed by atoms with van der Waals surface area (Å²) >= 11 is 1.79. The molecule has 3 rings (SSSR count). The summed E-state index contributed by atoms with van der Waals surface area (Å²) in [6.07, 6.45) is 1.66. The molecule has 2 aromatic carbocycles. The van der Waals surface area contributed by atoms with Gasteiger partial charge in [0.15, 0.2) is 0 Å². The molecule has 3 aromatic rings. The molecule has 0 spiro atoms. The van der Waals surface area contributed by atoms with Gasteiger partial charge in [-0.25, -0.2) is 9.97 Å². The van der Waals surface area contributed by atoms with Gasteiger partial charge >= 0.3 is 0 Å². The molecule has 0 saturated carbocycles. The maximum Gasteiger partial charge on any atom is 0.117 e.